The number of carbonyl (C=O) groups excluding carboxylic acids is 1. The van der Waals surface area contributed by atoms with E-state index in [2.05, 4.69) is 21.2 Å². The zero-order valence-corrected chi connectivity index (χ0v) is 9.50. The van der Waals surface area contributed by atoms with Crippen LogP contribution < -0.4 is 11.1 Å². The summed E-state index contributed by atoms with van der Waals surface area (Å²) in [4.78, 5) is 11.5. The summed E-state index contributed by atoms with van der Waals surface area (Å²) in [5.74, 6) is 0.351. The summed E-state index contributed by atoms with van der Waals surface area (Å²) in [6.45, 7) is 3.08. The van der Waals surface area contributed by atoms with Gasteiger partial charge in [0, 0.05) is 6.54 Å². The molecule has 0 radical (unpaired) electrons. The molecule has 0 bridgehead atoms. The van der Waals surface area contributed by atoms with Gasteiger partial charge in [0.1, 0.15) is 0 Å². The lowest BCUT2D eigenvalue weighted by atomic mass is 10.2. The van der Waals surface area contributed by atoms with Crippen molar-refractivity contribution in [1.82, 2.24) is 5.32 Å². The highest BCUT2D eigenvalue weighted by Crippen LogP contribution is 2.16. The Bertz CT molecular complexity index is 312. The van der Waals surface area contributed by atoms with Gasteiger partial charge in [-0.05, 0) is 34.5 Å². The maximum Gasteiger partial charge on any atom is 0.288 e. The second-order valence-corrected chi connectivity index (χ2v) is 4.00. The fraction of sp³-hybridized carbons (Fsp3) is 0.444. The van der Waals surface area contributed by atoms with E-state index in [1.165, 1.54) is 6.26 Å². The normalized spacial score (nSPS) is 12.5. The summed E-state index contributed by atoms with van der Waals surface area (Å²) >= 11 is 3.21. The first-order valence-electron chi connectivity index (χ1n) is 4.36. The molecule has 0 aliphatic carbocycles. The number of hydrogen-bond donors (Lipinski definition) is 2. The van der Waals surface area contributed by atoms with Crippen molar-refractivity contribution in [3.05, 3.63) is 22.6 Å². The molecule has 5 heteroatoms. The Balaban J connectivity index is 2.47. The van der Waals surface area contributed by atoms with Gasteiger partial charge in [0.15, 0.2) is 0 Å². The molecule has 1 heterocycles. The van der Waals surface area contributed by atoms with Crippen molar-refractivity contribution < 1.29 is 9.21 Å². The predicted octanol–water partition coefficient (Wildman–Crippen LogP) is 1.37. The number of carbonyl (C=O) groups is 1. The fourth-order valence-corrected chi connectivity index (χ4v) is 1.27. The summed E-state index contributed by atoms with van der Waals surface area (Å²) in [6, 6.07) is 1.68. The van der Waals surface area contributed by atoms with Crippen LogP contribution in [0, 0.1) is 5.92 Å². The standard InChI is InChI=1S/C9H13BrN2O2/c1-6(4-11)5-12-9(13)8-7(10)2-3-14-8/h2-3,6H,4-5,11H2,1H3,(H,12,13). The van der Waals surface area contributed by atoms with E-state index < -0.39 is 0 Å². The third kappa shape index (κ3) is 2.85. The van der Waals surface area contributed by atoms with Gasteiger partial charge in [0.25, 0.3) is 5.91 Å². The molecule has 1 amide bonds. The van der Waals surface area contributed by atoms with Crippen LogP contribution in [0.15, 0.2) is 21.2 Å². The number of nitrogens with one attached hydrogen (secondary N) is 1. The zero-order valence-electron chi connectivity index (χ0n) is 7.92. The Hall–Kier alpha value is -0.810. The molecule has 1 rings (SSSR count). The van der Waals surface area contributed by atoms with Crippen LogP contribution in [0.5, 0.6) is 0 Å². The van der Waals surface area contributed by atoms with Crippen molar-refractivity contribution in [3.8, 4) is 0 Å². The van der Waals surface area contributed by atoms with Crippen molar-refractivity contribution in [2.45, 2.75) is 6.92 Å². The summed E-state index contributed by atoms with van der Waals surface area (Å²) < 4.78 is 5.66. The molecule has 0 saturated carbocycles. The van der Waals surface area contributed by atoms with Crippen LogP contribution in [0.25, 0.3) is 0 Å². The van der Waals surface area contributed by atoms with Gasteiger partial charge in [-0.25, -0.2) is 0 Å². The largest absolute Gasteiger partial charge is 0.458 e. The Kier molecular flexibility index (Phi) is 4.16. The molecular formula is C9H13BrN2O2. The number of furan rings is 1. The van der Waals surface area contributed by atoms with Gasteiger partial charge < -0.3 is 15.5 Å². The van der Waals surface area contributed by atoms with Gasteiger partial charge in [-0.1, -0.05) is 6.92 Å². The van der Waals surface area contributed by atoms with Gasteiger partial charge in [0.2, 0.25) is 5.76 Å². The first-order valence-corrected chi connectivity index (χ1v) is 5.15. The molecule has 0 fully saturated rings. The highest BCUT2D eigenvalue weighted by Gasteiger charge is 2.13. The van der Waals surface area contributed by atoms with Crippen molar-refractivity contribution in [2.75, 3.05) is 13.1 Å². The summed E-state index contributed by atoms with van der Waals surface area (Å²) in [5, 5.41) is 2.73. The average Bonchev–Trinajstić information content (AvgIpc) is 2.60. The number of nitrogens with two attached hydrogens (primary N) is 1. The lowest BCUT2D eigenvalue weighted by Gasteiger charge is -2.08. The minimum atomic E-state index is -0.220. The molecule has 1 aromatic rings. The Morgan fingerprint density at radius 1 is 1.79 bits per heavy atom. The second-order valence-electron chi connectivity index (χ2n) is 3.15. The monoisotopic (exact) mass is 260 g/mol. The zero-order chi connectivity index (χ0) is 10.6. The van der Waals surface area contributed by atoms with E-state index >= 15 is 0 Å². The minimum absolute atomic E-state index is 0.220. The summed E-state index contributed by atoms with van der Waals surface area (Å²) in [7, 11) is 0. The van der Waals surface area contributed by atoms with Crippen LogP contribution in [0.1, 0.15) is 17.5 Å². The van der Waals surface area contributed by atoms with E-state index in [1.54, 1.807) is 6.07 Å². The SMILES string of the molecule is CC(CN)CNC(=O)c1occc1Br. The summed E-state index contributed by atoms with van der Waals surface area (Å²) in [6.07, 6.45) is 1.46. The number of rotatable bonds is 4. The van der Waals surface area contributed by atoms with E-state index in [1.807, 2.05) is 6.92 Å². The van der Waals surface area contributed by atoms with Crippen molar-refractivity contribution in [1.29, 1.82) is 0 Å². The number of hydrogen-bond acceptors (Lipinski definition) is 3. The lowest BCUT2D eigenvalue weighted by molar-refractivity contribution is 0.0919. The Morgan fingerprint density at radius 3 is 3.00 bits per heavy atom. The molecule has 14 heavy (non-hydrogen) atoms. The highest BCUT2D eigenvalue weighted by molar-refractivity contribution is 9.10. The van der Waals surface area contributed by atoms with Crippen molar-refractivity contribution in [3.63, 3.8) is 0 Å². The van der Waals surface area contributed by atoms with Crippen molar-refractivity contribution in [2.24, 2.45) is 11.7 Å². The van der Waals surface area contributed by atoms with Crippen LogP contribution in [-0.2, 0) is 0 Å². The van der Waals surface area contributed by atoms with E-state index in [0.29, 0.717) is 23.3 Å². The Labute approximate surface area is 91.0 Å². The summed E-state index contributed by atoms with van der Waals surface area (Å²) in [5.41, 5.74) is 5.42. The van der Waals surface area contributed by atoms with E-state index in [4.69, 9.17) is 10.2 Å². The van der Waals surface area contributed by atoms with Gasteiger partial charge in [-0.2, -0.15) is 0 Å². The lowest BCUT2D eigenvalue weighted by Crippen LogP contribution is -2.31. The predicted molar refractivity (Wildman–Crippen MR) is 57.0 cm³/mol. The van der Waals surface area contributed by atoms with Gasteiger partial charge >= 0.3 is 0 Å². The van der Waals surface area contributed by atoms with Gasteiger partial charge in [-0.15, -0.1) is 0 Å². The number of halogens is 1. The van der Waals surface area contributed by atoms with Crippen LogP contribution >= 0.6 is 15.9 Å². The van der Waals surface area contributed by atoms with Crippen LogP contribution in [0.4, 0.5) is 0 Å². The molecule has 0 aliphatic heterocycles. The van der Waals surface area contributed by atoms with E-state index in [9.17, 15) is 4.79 Å². The molecular weight excluding hydrogens is 248 g/mol. The first kappa shape index (κ1) is 11.3. The third-order valence-corrected chi connectivity index (χ3v) is 2.46. The molecule has 78 valence electrons. The van der Waals surface area contributed by atoms with E-state index in [0.717, 1.165) is 0 Å². The van der Waals surface area contributed by atoms with E-state index in [-0.39, 0.29) is 11.8 Å². The molecule has 0 aromatic carbocycles. The molecule has 1 aromatic heterocycles. The van der Waals surface area contributed by atoms with Crippen LogP contribution in [0.3, 0.4) is 0 Å². The smallest absolute Gasteiger partial charge is 0.288 e. The molecule has 0 aliphatic rings. The molecule has 4 nitrogen and oxygen atoms in total. The first-order chi connectivity index (χ1) is 6.65. The molecule has 1 atom stereocenters. The number of amides is 1. The fourth-order valence-electron chi connectivity index (χ4n) is 0.886. The quantitative estimate of drug-likeness (QED) is 0.860. The second kappa shape index (κ2) is 5.17. The molecule has 3 N–H and O–H groups in total. The maximum atomic E-state index is 11.5. The third-order valence-electron chi connectivity index (χ3n) is 1.84. The Morgan fingerprint density at radius 2 is 2.50 bits per heavy atom. The minimum Gasteiger partial charge on any atom is -0.458 e. The topological polar surface area (TPSA) is 68.3 Å². The van der Waals surface area contributed by atoms with Crippen LogP contribution in [0.2, 0.25) is 0 Å². The maximum absolute atomic E-state index is 11.5. The van der Waals surface area contributed by atoms with Gasteiger partial charge in [-0.3, -0.25) is 4.79 Å². The van der Waals surface area contributed by atoms with Crippen LogP contribution in [-0.4, -0.2) is 19.0 Å². The highest BCUT2D eigenvalue weighted by atomic mass is 79.9. The molecule has 1 unspecified atom stereocenters. The average molecular weight is 261 g/mol. The van der Waals surface area contributed by atoms with Gasteiger partial charge in [0.05, 0.1) is 10.7 Å². The molecule has 0 spiro atoms. The molecule has 0 saturated heterocycles. The van der Waals surface area contributed by atoms with Crippen molar-refractivity contribution >= 4 is 21.8 Å².